The molecule has 0 N–H and O–H groups in total. The van der Waals surface area contributed by atoms with Gasteiger partial charge in [-0.25, -0.2) is 73.8 Å². The maximum absolute atomic E-state index is 14.3. The van der Waals surface area contributed by atoms with Gasteiger partial charge in [-0.15, -0.1) is 61.2 Å². The Hall–Kier alpha value is -15.7. The minimum atomic E-state index is -1.26. The van der Waals surface area contributed by atoms with Gasteiger partial charge in [0.15, 0.2) is 68.8 Å². The van der Waals surface area contributed by atoms with Gasteiger partial charge in [0.2, 0.25) is 0 Å². The molecule has 18 heterocycles. The zero-order valence-electron chi connectivity index (χ0n) is 85.4. The minimum Gasteiger partial charge on any atom is -0.473 e. The number of rotatable bonds is 17. The fourth-order valence-electron chi connectivity index (χ4n) is 15.8. The van der Waals surface area contributed by atoms with Crippen molar-refractivity contribution < 1.29 is 72.3 Å². The third kappa shape index (κ3) is 24.2. The highest BCUT2D eigenvalue weighted by Gasteiger charge is 2.57. The standard InChI is InChI=1S/4C18H19F2N5O.2C15H16FN5O/c3*1-17(2,3)26-16-12(19)5-10(7-22-16)13-9-25-14(8-21-13)23-24-15(25)11-6-18(11,4)20;1-10(2)26-17-13(19)4-11(7-22-17)14-9-25-15(8-21-14)23-24-16(25)12-5-18(3,20)6-12;2*1-9-19-20-13-7-17-12(8-21(9)13)10-5-11(16)14(18-6-10)22-15(2,3)4/h3*5,7-9,11H,6H2,1-4H3;4,7-10,12H,5-6H2,1-3H3;2*5-8H,1-4H3/t2*11-,18?;;;;/m10..../s1. The molecule has 6 atom stereocenters. The van der Waals surface area contributed by atoms with Crippen molar-refractivity contribution in [1.82, 2.24) is 147 Å². The first-order chi connectivity index (χ1) is 69.4. The number of pyridine rings is 6. The Morgan fingerprint density at radius 1 is 0.270 bits per heavy atom. The molecule has 0 aliphatic heterocycles. The summed E-state index contributed by atoms with van der Waals surface area (Å²) in [5.41, 5.74) is 2.14. The fraction of sp³-hybridized carbons (Fsp3) is 0.412. The van der Waals surface area contributed by atoms with E-state index in [0.717, 1.165) is 11.6 Å². The molecule has 772 valence electrons. The highest BCUT2D eigenvalue weighted by molar-refractivity contribution is 5.65. The largest absolute Gasteiger partial charge is 0.473 e. The average molecular weight is 2040 g/mol. The van der Waals surface area contributed by atoms with Gasteiger partial charge in [0, 0.05) is 114 Å². The van der Waals surface area contributed by atoms with Crippen LogP contribution in [0.2, 0.25) is 0 Å². The molecule has 0 bridgehead atoms. The molecule has 4 fully saturated rings. The monoisotopic (exact) mass is 2040 g/mol. The third-order valence-corrected chi connectivity index (χ3v) is 23.3. The zero-order valence-corrected chi connectivity index (χ0v) is 85.4. The molecular formula is C102H108F10N30O6. The summed E-state index contributed by atoms with van der Waals surface area (Å²) in [6, 6.07) is 8.03. The van der Waals surface area contributed by atoms with Gasteiger partial charge in [-0.3, -0.25) is 56.3 Å². The summed E-state index contributed by atoms with van der Waals surface area (Å²) >= 11 is 0. The van der Waals surface area contributed by atoms with Crippen LogP contribution in [0.1, 0.15) is 236 Å². The molecule has 18 aromatic rings. The van der Waals surface area contributed by atoms with Crippen molar-refractivity contribution in [2.75, 3.05) is 0 Å². The highest BCUT2D eigenvalue weighted by atomic mass is 19.2. The van der Waals surface area contributed by atoms with E-state index in [0.29, 0.717) is 157 Å². The molecule has 36 nitrogen and oxygen atoms in total. The Kier molecular flexibility index (Phi) is 27.5. The quantitative estimate of drug-likeness (QED) is 0.0764. The molecule has 22 rings (SSSR count). The number of nitrogens with zero attached hydrogens (tertiary/aromatic N) is 30. The molecule has 46 heteroatoms. The van der Waals surface area contributed by atoms with Crippen LogP contribution >= 0.6 is 0 Å². The van der Waals surface area contributed by atoms with Crippen LogP contribution < -0.4 is 28.4 Å². The fourth-order valence-corrected chi connectivity index (χ4v) is 15.8. The van der Waals surface area contributed by atoms with Crippen molar-refractivity contribution in [2.24, 2.45) is 0 Å². The van der Waals surface area contributed by atoms with Crippen LogP contribution in [-0.4, -0.2) is 204 Å². The number of aromatic nitrogens is 30. The number of hydrogen-bond donors (Lipinski definition) is 0. The molecule has 148 heavy (non-hydrogen) atoms. The lowest BCUT2D eigenvalue weighted by Gasteiger charge is -2.37. The second kappa shape index (κ2) is 39.3. The van der Waals surface area contributed by atoms with E-state index in [1.54, 1.807) is 124 Å². The molecule has 0 aromatic carbocycles. The van der Waals surface area contributed by atoms with Gasteiger partial charge in [0.05, 0.1) is 95.2 Å². The van der Waals surface area contributed by atoms with Crippen LogP contribution in [0.3, 0.4) is 0 Å². The first kappa shape index (κ1) is 104. The van der Waals surface area contributed by atoms with Gasteiger partial charge in [0.25, 0.3) is 35.3 Å². The van der Waals surface area contributed by atoms with Gasteiger partial charge in [-0.05, 0) is 228 Å². The normalized spacial score (nSPS) is 19.4. The number of fused-ring (bicyclic) bond motifs is 6. The summed E-state index contributed by atoms with van der Waals surface area (Å²) < 4.78 is 185. The van der Waals surface area contributed by atoms with Crippen molar-refractivity contribution in [1.29, 1.82) is 0 Å². The predicted molar refractivity (Wildman–Crippen MR) is 523 cm³/mol. The lowest BCUT2D eigenvalue weighted by atomic mass is 9.73. The Balaban J connectivity index is 0.000000121. The maximum atomic E-state index is 14.3. The van der Waals surface area contributed by atoms with Gasteiger partial charge < -0.3 is 28.4 Å². The SMILES string of the molecule is CC(C)(C)Oc1ncc(-c2cn3c(C4CC4(C)F)nnc3cn2)cc1F.CC(C)(C)Oc1ncc(-c2cn3c([C@@H]4CC4(C)F)nnc3cn2)cc1F.CC(C)(C)Oc1ncc(-c2cn3c([C@H]4CC4(C)F)nnc3cn2)cc1F.CC(C)Oc1ncc(-c2cn3c(C4CC(C)(F)C4)nnc3cn2)cc1F.Cc1nnc2cnc(-c3cnc(OC(C)(C)C)c(F)c3)cn12.Cc1nnc2cnc(-c3cnc(OC(C)(C)C)c(F)c3)cn12. The van der Waals surface area contributed by atoms with E-state index in [4.69, 9.17) is 28.4 Å². The molecule has 0 saturated heterocycles. The number of hydrogen-bond acceptors (Lipinski definition) is 30. The minimum absolute atomic E-state index is 0.0159. The summed E-state index contributed by atoms with van der Waals surface area (Å²) in [5.74, 6) is -0.541. The van der Waals surface area contributed by atoms with Crippen LogP contribution in [0.4, 0.5) is 43.9 Å². The van der Waals surface area contributed by atoms with Crippen molar-refractivity contribution in [3.8, 4) is 103 Å². The lowest BCUT2D eigenvalue weighted by Crippen LogP contribution is -2.36. The summed E-state index contributed by atoms with van der Waals surface area (Å²) in [7, 11) is 0. The number of aryl methyl sites for hydroxylation is 2. The summed E-state index contributed by atoms with van der Waals surface area (Å²) in [5, 5.41) is 48.5. The van der Waals surface area contributed by atoms with Gasteiger partial charge in [0.1, 0.15) is 85.6 Å². The maximum Gasteiger partial charge on any atom is 0.250 e. The Labute approximate surface area is 842 Å². The van der Waals surface area contributed by atoms with Gasteiger partial charge >= 0.3 is 0 Å². The second-order valence-corrected chi connectivity index (χ2v) is 42.7. The predicted octanol–water partition coefficient (Wildman–Crippen LogP) is 20.5. The van der Waals surface area contributed by atoms with Crippen LogP contribution in [-0.2, 0) is 0 Å². The van der Waals surface area contributed by atoms with Crippen LogP contribution in [0, 0.1) is 48.8 Å². The molecule has 0 amide bonds. The van der Waals surface area contributed by atoms with Gasteiger partial charge in [-0.1, -0.05) is 0 Å². The van der Waals surface area contributed by atoms with Crippen molar-refractivity contribution >= 4 is 33.9 Å². The number of alkyl halides is 4. The van der Waals surface area contributed by atoms with E-state index >= 15 is 0 Å². The Bertz CT molecular complexity index is 7480. The van der Waals surface area contributed by atoms with E-state index in [9.17, 15) is 43.9 Å². The van der Waals surface area contributed by atoms with Crippen LogP contribution in [0.25, 0.3) is 101 Å². The summed E-state index contributed by atoms with van der Waals surface area (Å²) in [6.45, 7) is 41.0. The van der Waals surface area contributed by atoms with Crippen LogP contribution in [0.15, 0.2) is 148 Å². The highest BCUT2D eigenvalue weighted by Crippen LogP contribution is 2.56. The molecule has 4 aliphatic carbocycles. The van der Waals surface area contributed by atoms with E-state index in [-0.39, 0.29) is 65.1 Å². The van der Waals surface area contributed by atoms with Crippen LogP contribution in [0.5, 0.6) is 35.3 Å². The van der Waals surface area contributed by atoms with Crippen molar-refractivity contribution in [3.05, 3.63) is 218 Å². The molecule has 4 saturated carbocycles. The zero-order chi connectivity index (χ0) is 106. The molecule has 4 aliphatic rings. The average Bonchev–Trinajstić information content (AvgIpc) is 1.59. The first-order valence-corrected chi connectivity index (χ1v) is 47.4. The van der Waals surface area contributed by atoms with E-state index in [1.807, 2.05) is 118 Å². The topological polar surface area (TPSA) is 391 Å². The Morgan fingerprint density at radius 3 is 0.669 bits per heavy atom. The smallest absolute Gasteiger partial charge is 0.250 e. The lowest BCUT2D eigenvalue weighted by molar-refractivity contribution is 0.0578. The number of ether oxygens (including phenoxy) is 6. The Morgan fingerprint density at radius 2 is 0.466 bits per heavy atom. The van der Waals surface area contributed by atoms with E-state index < -0.39 is 85.6 Å². The second-order valence-electron chi connectivity index (χ2n) is 42.7. The summed E-state index contributed by atoms with van der Waals surface area (Å²) in [4.78, 5) is 50.0. The van der Waals surface area contributed by atoms with E-state index in [2.05, 4.69) is 121 Å². The molecule has 0 spiro atoms. The first-order valence-electron chi connectivity index (χ1n) is 47.4. The summed E-state index contributed by atoms with van der Waals surface area (Å²) in [6.07, 6.45) is 30.6. The molecule has 18 aromatic heterocycles. The molecule has 0 radical (unpaired) electrons. The van der Waals surface area contributed by atoms with Gasteiger partial charge in [-0.2, -0.15) is 0 Å². The van der Waals surface area contributed by atoms with E-state index in [1.165, 1.54) is 92.2 Å². The molecular weight excluding hydrogens is 1930 g/mol. The third-order valence-electron chi connectivity index (χ3n) is 23.3. The molecule has 4 unspecified atom stereocenters. The van der Waals surface area contributed by atoms with Crippen molar-refractivity contribution in [2.45, 2.75) is 272 Å². The van der Waals surface area contributed by atoms with Crippen molar-refractivity contribution in [3.63, 3.8) is 0 Å². The number of halogens is 10.